The van der Waals surface area contributed by atoms with Gasteiger partial charge in [-0.2, -0.15) is 10.4 Å². The van der Waals surface area contributed by atoms with Crippen LogP contribution >= 0.6 is 0 Å². The van der Waals surface area contributed by atoms with Crippen molar-refractivity contribution in [2.24, 2.45) is 0 Å². The monoisotopic (exact) mass is 428 g/mol. The van der Waals surface area contributed by atoms with E-state index in [4.69, 9.17) is 5.73 Å². The Hall–Kier alpha value is -4.25. The highest BCUT2D eigenvalue weighted by Crippen LogP contribution is 2.22. The summed E-state index contributed by atoms with van der Waals surface area (Å²) in [5.74, 6) is -0.339. The molecule has 2 aromatic carbocycles. The number of carbonyl (C=O) groups excluding carboxylic acids is 1. The van der Waals surface area contributed by atoms with Crippen LogP contribution in [0.25, 0.3) is 16.6 Å². The number of para-hydroxylation sites is 1. The van der Waals surface area contributed by atoms with Gasteiger partial charge in [-0.1, -0.05) is 18.2 Å². The predicted octanol–water partition coefficient (Wildman–Crippen LogP) is 3.68. The van der Waals surface area contributed by atoms with E-state index < -0.39 is 0 Å². The molecule has 0 unspecified atom stereocenters. The third kappa shape index (κ3) is 4.14. The molecule has 0 radical (unpaired) electrons. The Bertz CT molecular complexity index is 1340. The van der Waals surface area contributed by atoms with E-state index in [1.54, 1.807) is 18.2 Å². The topological polar surface area (TPSA) is 110 Å². The Morgan fingerprint density at radius 2 is 1.97 bits per heavy atom. The minimum Gasteiger partial charge on any atom is -0.382 e. The van der Waals surface area contributed by atoms with Crippen LogP contribution in [-0.2, 0) is 6.42 Å². The van der Waals surface area contributed by atoms with E-state index in [9.17, 15) is 14.4 Å². The van der Waals surface area contributed by atoms with Crippen molar-refractivity contribution in [1.82, 2.24) is 20.1 Å². The standard InChI is InChI=1S/C24H21FN6O/c1-15-13-19(18-5-2-3-6-21(18)29-15)24(32)28-12-4-7-22-20(14-26)23(27)31(30-22)17-10-8-16(25)9-11-17/h2-3,5-6,8-11,13H,4,7,12,27H2,1H3,(H,28,32). The molecule has 0 atom stereocenters. The van der Waals surface area contributed by atoms with E-state index in [0.29, 0.717) is 36.3 Å². The molecule has 4 rings (SSSR count). The number of rotatable bonds is 6. The third-order valence-corrected chi connectivity index (χ3v) is 5.14. The van der Waals surface area contributed by atoms with Gasteiger partial charge in [-0.25, -0.2) is 9.07 Å². The van der Waals surface area contributed by atoms with E-state index >= 15 is 0 Å². The first kappa shape index (κ1) is 21.0. The van der Waals surface area contributed by atoms with E-state index in [-0.39, 0.29) is 23.1 Å². The Morgan fingerprint density at radius 3 is 2.72 bits per heavy atom. The molecule has 0 spiro atoms. The van der Waals surface area contributed by atoms with Gasteiger partial charge < -0.3 is 11.1 Å². The van der Waals surface area contributed by atoms with Gasteiger partial charge in [0.05, 0.1) is 22.5 Å². The van der Waals surface area contributed by atoms with Crippen molar-refractivity contribution in [1.29, 1.82) is 5.26 Å². The maximum atomic E-state index is 13.2. The number of halogens is 1. The Kier molecular flexibility index (Phi) is 5.81. The van der Waals surface area contributed by atoms with Crippen LogP contribution in [0.2, 0.25) is 0 Å². The minimum absolute atomic E-state index is 0.177. The van der Waals surface area contributed by atoms with Gasteiger partial charge in [-0.15, -0.1) is 0 Å². The number of aryl methyl sites for hydroxylation is 2. The molecule has 0 aliphatic carbocycles. The van der Waals surface area contributed by atoms with Crippen molar-refractivity contribution >= 4 is 22.6 Å². The number of benzene rings is 2. The first-order valence-electron chi connectivity index (χ1n) is 10.2. The van der Waals surface area contributed by atoms with Crippen molar-refractivity contribution < 1.29 is 9.18 Å². The number of nitrogens with two attached hydrogens (primary N) is 1. The summed E-state index contributed by atoms with van der Waals surface area (Å²) >= 11 is 0. The fourth-order valence-corrected chi connectivity index (χ4v) is 3.60. The maximum absolute atomic E-state index is 13.2. The summed E-state index contributed by atoms with van der Waals surface area (Å²) in [4.78, 5) is 17.2. The number of anilines is 1. The van der Waals surface area contributed by atoms with Gasteiger partial charge in [-0.05, 0) is 56.2 Å². The first-order valence-corrected chi connectivity index (χ1v) is 10.2. The van der Waals surface area contributed by atoms with Crippen LogP contribution in [0, 0.1) is 24.1 Å². The van der Waals surface area contributed by atoms with Crippen molar-refractivity contribution in [2.75, 3.05) is 12.3 Å². The number of amides is 1. The van der Waals surface area contributed by atoms with Gasteiger partial charge >= 0.3 is 0 Å². The van der Waals surface area contributed by atoms with Gasteiger partial charge in [0.2, 0.25) is 0 Å². The average Bonchev–Trinajstić information content (AvgIpc) is 3.11. The van der Waals surface area contributed by atoms with Crippen LogP contribution in [0.1, 0.15) is 33.7 Å². The summed E-state index contributed by atoms with van der Waals surface area (Å²) in [5, 5.41) is 17.7. The normalized spacial score (nSPS) is 10.8. The van der Waals surface area contributed by atoms with Crippen LogP contribution in [0.15, 0.2) is 54.6 Å². The molecule has 0 fully saturated rings. The molecule has 3 N–H and O–H groups in total. The lowest BCUT2D eigenvalue weighted by molar-refractivity contribution is 0.0954. The highest BCUT2D eigenvalue weighted by molar-refractivity contribution is 6.06. The number of fused-ring (bicyclic) bond motifs is 1. The predicted molar refractivity (Wildman–Crippen MR) is 120 cm³/mol. The summed E-state index contributed by atoms with van der Waals surface area (Å²) in [6.45, 7) is 2.26. The highest BCUT2D eigenvalue weighted by Gasteiger charge is 2.17. The molecule has 2 aromatic heterocycles. The van der Waals surface area contributed by atoms with E-state index in [1.165, 1.54) is 16.8 Å². The lowest BCUT2D eigenvalue weighted by Crippen LogP contribution is -2.25. The molecule has 2 heterocycles. The van der Waals surface area contributed by atoms with Gasteiger partial charge in [-0.3, -0.25) is 9.78 Å². The molecule has 0 saturated heterocycles. The Morgan fingerprint density at radius 1 is 1.22 bits per heavy atom. The van der Waals surface area contributed by atoms with Crippen LogP contribution < -0.4 is 11.1 Å². The number of aromatic nitrogens is 3. The van der Waals surface area contributed by atoms with Gasteiger partial charge in [0.1, 0.15) is 23.3 Å². The molecule has 0 bridgehead atoms. The van der Waals surface area contributed by atoms with Crippen LogP contribution in [-0.4, -0.2) is 27.2 Å². The lowest BCUT2D eigenvalue weighted by atomic mass is 10.1. The number of nitrogen functional groups attached to an aromatic ring is 1. The van der Waals surface area contributed by atoms with Gasteiger partial charge in [0.25, 0.3) is 5.91 Å². The number of nitriles is 1. The summed E-state index contributed by atoms with van der Waals surface area (Å²) in [5.41, 5.74) is 9.61. The second kappa shape index (κ2) is 8.86. The molecular weight excluding hydrogens is 407 g/mol. The molecule has 1 amide bonds. The second-order valence-electron chi connectivity index (χ2n) is 7.39. The maximum Gasteiger partial charge on any atom is 0.252 e. The number of nitrogens with zero attached hydrogens (tertiary/aromatic N) is 4. The molecule has 0 aliphatic rings. The quantitative estimate of drug-likeness (QED) is 0.455. The van der Waals surface area contributed by atoms with Crippen LogP contribution in [0.5, 0.6) is 0 Å². The second-order valence-corrected chi connectivity index (χ2v) is 7.39. The molecule has 0 aliphatic heterocycles. The molecular formula is C24H21FN6O. The first-order chi connectivity index (χ1) is 15.5. The highest BCUT2D eigenvalue weighted by atomic mass is 19.1. The Labute approximate surface area is 184 Å². The van der Waals surface area contributed by atoms with Crippen molar-refractivity contribution in [3.8, 4) is 11.8 Å². The summed E-state index contributed by atoms with van der Waals surface area (Å²) in [7, 11) is 0. The smallest absolute Gasteiger partial charge is 0.252 e. The molecule has 0 saturated carbocycles. The third-order valence-electron chi connectivity index (χ3n) is 5.14. The van der Waals surface area contributed by atoms with Crippen molar-refractivity contribution in [3.63, 3.8) is 0 Å². The fourth-order valence-electron chi connectivity index (χ4n) is 3.60. The lowest BCUT2D eigenvalue weighted by Gasteiger charge is -2.09. The summed E-state index contributed by atoms with van der Waals surface area (Å²) < 4.78 is 14.6. The molecule has 8 heteroatoms. The van der Waals surface area contributed by atoms with Crippen LogP contribution in [0.3, 0.4) is 0 Å². The van der Waals surface area contributed by atoms with Crippen LogP contribution in [0.4, 0.5) is 10.2 Å². The number of nitrogens with one attached hydrogen (secondary N) is 1. The molecule has 7 nitrogen and oxygen atoms in total. The minimum atomic E-state index is -0.367. The zero-order valence-electron chi connectivity index (χ0n) is 17.5. The van der Waals surface area contributed by atoms with Crippen molar-refractivity contribution in [3.05, 3.63) is 82.9 Å². The van der Waals surface area contributed by atoms with E-state index in [1.807, 2.05) is 31.2 Å². The fraction of sp³-hybridized carbons (Fsp3) is 0.167. The number of pyridine rings is 1. The summed E-state index contributed by atoms with van der Waals surface area (Å²) in [6, 6.07) is 17.1. The van der Waals surface area contributed by atoms with Gasteiger partial charge in [0.15, 0.2) is 0 Å². The Balaban J connectivity index is 1.44. The number of hydrogen-bond donors (Lipinski definition) is 2. The molecule has 4 aromatic rings. The molecule has 160 valence electrons. The SMILES string of the molecule is Cc1cc(C(=O)NCCCc2nn(-c3ccc(F)cc3)c(N)c2C#N)c2ccccc2n1. The van der Waals surface area contributed by atoms with Crippen molar-refractivity contribution in [2.45, 2.75) is 19.8 Å². The zero-order chi connectivity index (χ0) is 22.7. The zero-order valence-corrected chi connectivity index (χ0v) is 17.5. The average molecular weight is 428 g/mol. The number of hydrogen-bond acceptors (Lipinski definition) is 5. The largest absolute Gasteiger partial charge is 0.382 e. The van der Waals surface area contributed by atoms with E-state index in [2.05, 4.69) is 21.5 Å². The van der Waals surface area contributed by atoms with E-state index in [0.717, 1.165) is 16.6 Å². The van der Waals surface area contributed by atoms with Gasteiger partial charge in [0, 0.05) is 17.6 Å². The number of carbonyl (C=O) groups is 1. The summed E-state index contributed by atoms with van der Waals surface area (Å²) in [6.07, 6.45) is 1.03. The molecule has 32 heavy (non-hydrogen) atoms.